The Bertz CT molecular complexity index is 507. The van der Waals surface area contributed by atoms with Gasteiger partial charge in [-0.15, -0.1) is 0 Å². The van der Waals surface area contributed by atoms with Crippen molar-refractivity contribution in [2.75, 3.05) is 0 Å². The number of hydrogen-bond donors (Lipinski definition) is 1. The fourth-order valence-electron chi connectivity index (χ4n) is 2.02. The second kappa shape index (κ2) is 6.69. The van der Waals surface area contributed by atoms with Crippen molar-refractivity contribution in [2.45, 2.75) is 25.9 Å². The zero-order valence-corrected chi connectivity index (χ0v) is 11.6. The van der Waals surface area contributed by atoms with Crippen molar-refractivity contribution in [3.63, 3.8) is 0 Å². The molecule has 2 rings (SSSR count). The summed E-state index contributed by atoms with van der Waals surface area (Å²) in [6, 6.07) is 15.3. The highest BCUT2D eigenvalue weighted by Gasteiger charge is 2.08. The van der Waals surface area contributed by atoms with Gasteiger partial charge in [-0.25, -0.2) is 4.39 Å². The highest BCUT2D eigenvalue weighted by molar-refractivity contribution is 6.31. The molecule has 2 aromatic rings. The summed E-state index contributed by atoms with van der Waals surface area (Å²) < 4.78 is 13.6. The Hall–Kier alpha value is -1.38. The third kappa shape index (κ3) is 4.05. The lowest BCUT2D eigenvalue weighted by atomic mass is 10.1. The first-order valence-corrected chi connectivity index (χ1v) is 6.75. The number of benzene rings is 2. The summed E-state index contributed by atoms with van der Waals surface area (Å²) in [7, 11) is 0. The number of rotatable bonds is 5. The van der Waals surface area contributed by atoms with E-state index in [1.807, 2.05) is 18.2 Å². The maximum atomic E-state index is 13.6. The van der Waals surface area contributed by atoms with E-state index in [9.17, 15) is 4.39 Å². The Morgan fingerprint density at radius 1 is 1.11 bits per heavy atom. The fraction of sp³-hybridized carbons (Fsp3) is 0.250. The van der Waals surface area contributed by atoms with E-state index < -0.39 is 0 Å². The molecule has 0 aliphatic heterocycles. The maximum Gasteiger partial charge on any atom is 0.129 e. The first-order valence-electron chi connectivity index (χ1n) is 6.37. The Labute approximate surface area is 118 Å². The first kappa shape index (κ1) is 14.0. The largest absolute Gasteiger partial charge is 0.310 e. The minimum absolute atomic E-state index is 0.257. The van der Waals surface area contributed by atoms with Gasteiger partial charge in [0.25, 0.3) is 0 Å². The molecule has 1 atom stereocenters. The lowest BCUT2D eigenvalue weighted by Gasteiger charge is -2.15. The summed E-state index contributed by atoms with van der Waals surface area (Å²) in [4.78, 5) is 0. The van der Waals surface area contributed by atoms with Crippen molar-refractivity contribution in [3.05, 3.63) is 70.5 Å². The van der Waals surface area contributed by atoms with Crippen molar-refractivity contribution >= 4 is 11.6 Å². The van der Waals surface area contributed by atoms with E-state index in [4.69, 9.17) is 11.6 Å². The molecule has 19 heavy (non-hydrogen) atoms. The van der Waals surface area contributed by atoms with Crippen LogP contribution in [0.15, 0.2) is 48.5 Å². The van der Waals surface area contributed by atoms with Crippen LogP contribution in [0.4, 0.5) is 4.39 Å². The van der Waals surface area contributed by atoms with E-state index in [0.29, 0.717) is 17.1 Å². The van der Waals surface area contributed by atoms with Gasteiger partial charge in [0.05, 0.1) is 0 Å². The minimum atomic E-state index is -0.257. The molecule has 0 fully saturated rings. The van der Waals surface area contributed by atoms with Crippen LogP contribution in [-0.4, -0.2) is 6.04 Å². The average molecular weight is 278 g/mol. The summed E-state index contributed by atoms with van der Waals surface area (Å²) >= 11 is 5.99. The van der Waals surface area contributed by atoms with Gasteiger partial charge in [0.2, 0.25) is 0 Å². The molecule has 100 valence electrons. The van der Waals surface area contributed by atoms with E-state index >= 15 is 0 Å². The Balaban J connectivity index is 1.92. The summed E-state index contributed by atoms with van der Waals surface area (Å²) in [6.07, 6.45) is 0.910. The van der Waals surface area contributed by atoms with Gasteiger partial charge in [0, 0.05) is 23.2 Å². The Morgan fingerprint density at radius 2 is 1.84 bits per heavy atom. The average Bonchev–Trinajstić information content (AvgIpc) is 2.39. The molecule has 0 spiro atoms. The van der Waals surface area contributed by atoms with Crippen molar-refractivity contribution < 1.29 is 4.39 Å². The zero-order valence-electron chi connectivity index (χ0n) is 10.9. The van der Waals surface area contributed by atoms with Gasteiger partial charge in [0.1, 0.15) is 5.82 Å². The summed E-state index contributed by atoms with van der Waals surface area (Å²) in [5.41, 5.74) is 1.80. The normalized spacial score (nSPS) is 12.4. The van der Waals surface area contributed by atoms with E-state index in [1.165, 1.54) is 11.6 Å². The van der Waals surface area contributed by atoms with Gasteiger partial charge in [-0.3, -0.25) is 0 Å². The van der Waals surface area contributed by atoms with Crippen LogP contribution in [0.2, 0.25) is 5.02 Å². The standard InChI is InChI=1S/C16H17ClFN/c1-12(10-13-6-3-2-4-7-13)19-11-14-15(17)8-5-9-16(14)18/h2-9,12,19H,10-11H2,1H3. The number of halogens is 2. The molecule has 0 heterocycles. The van der Waals surface area contributed by atoms with Gasteiger partial charge in [-0.1, -0.05) is 48.0 Å². The van der Waals surface area contributed by atoms with Crippen LogP contribution >= 0.6 is 11.6 Å². The van der Waals surface area contributed by atoms with Crippen molar-refractivity contribution in [3.8, 4) is 0 Å². The molecule has 0 bridgehead atoms. The maximum absolute atomic E-state index is 13.6. The van der Waals surface area contributed by atoms with Gasteiger partial charge in [-0.05, 0) is 31.0 Å². The molecule has 0 radical (unpaired) electrons. The number of nitrogens with one attached hydrogen (secondary N) is 1. The third-order valence-corrected chi connectivity index (χ3v) is 3.43. The van der Waals surface area contributed by atoms with Crippen LogP contribution in [0.3, 0.4) is 0 Å². The lowest BCUT2D eigenvalue weighted by molar-refractivity contribution is 0.525. The fourth-order valence-corrected chi connectivity index (χ4v) is 2.25. The highest BCUT2D eigenvalue weighted by Crippen LogP contribution is 2.18. The van der Waals surface area contributed by atoms with E-state index in [-0.39, 0.29) is 11.9 Å². The third-order valence-electron chi connectivity index (χ3n) is 3.07. The molecule has 0 saturated carbocycles. The van der Waals surface area contributed by atoms with Crippen LogP contribution in [0.25, 0.3) is 0 Å². The van der Waals surface area contributed by atoms with Crippen LogP contribution in [0.1, 0.15) is 18.1 Å². The molecule has 2 aromatic carbocycles. The van der Waals surface area contributed by atoms with Gasteiger partial charge in [-0.2, -0.15) is 0 Å². The molecule has 1 unspecified atom stereocenters. The van der Waals surface area contributed by atoms with Gasteiger partial charge < -0.3 is 5.32 Å². The van der Waals surface area contributed by atoms with Crippen LogP contribution in [0, 0.1) is 5.82 Å². The summed E-state index contributed by atoms with van der Waals surface area (Å²) in [5, 5.41) is 3.78. The molecule has 0 aromatic heterocycles. The SMILES string of the molecule is CC(Cc1ccccc1)NCc1c(F)cccc1Cl. The Kier molecular flexibility index (Phi) is 4.94. The second-order valence-electron chi connectivity index (χ2n) is 4.67. The predicted octanol–water partition coefficient (Wildman–Crippen LogP) is 4.20. The minimum Gasteiger partial charge on any atom is -0.310 e. The van der Waals surface area contributed by atoms with Crippen LogP contribution < -0.4 is 5.32 Å². The molecule has 1 N–H and O–H groups in total. The molecular formula is C16H17ClFN. The predicted molar refractivity (Wildman–Crippen MR) is 77.9 cm³/mol. The van der Waals surface area contributed by atoms with Crippen molar-refractivity contribution in [1.29, 1.82) is 0 Å². The topological polar surface area (TPSA) is 12.0 Å². The lowest BCUT2D eigenvalue weighted by Crippen LogP contribution is -2.28. The van der Waals surface area contributed by atoms with E-state index in [0.717, 1.165) is 6.42 Å². The Morgan fingerprint density at radius 3 is 2.53 bits per heavy atom. The molecule has 0 amide bonds. The highest BCUT2D eigenvalue weighted by atomic mass is 35.5. The summed E-state index contributed by atoms with van der Waals surface area (Å²) in [6.45, 7) is 2.53. The molecule has 0 aliphatic rings. The molecule has 0 aliphatic carbocycles. The molecule has 0 saturated heterocycles. The van der Waals surface area contributed by atoms with Crippen LogP contribution in [-0.2, 0) is 13.0 Å². The monoisotopic (exact) mass is 277 g/mol. The zero-order chi connectivity index (χ0) is 13.7. The first-order chi connectivity index (χ1) is 9.16. The molecule has 3 heteroatoms. The molecule has 1 nitrogen and oxygen atoms in total. The van der Waals surface area contributed by atoms with Crippen molar-refractivity contribution in [1.82, 2.24) is 5.32 Å². The van der Waals surface area contributed by atoms with E-state index in [2.05, 4.69) is 24.4 Å². The molecular weight excluding hydrogens is 261 g/mol. The smallest absolute Gasteiger partial charge is 0.129 e. The van der Waals surface area contributed by atoms with E-state index in [1.54, 1.807) is 12.1 Å². The second-order valence-corrected chi connectivity index (χ2v) is 5.08. The quantitative estimate of drug-likeness (QED) is 0.864. The van der Waals surface area contributed by atoms with Crippen LogP contribution in [0.5, 0.6) is 0 Å². The van der Waals surface area contributed by atoms with Gasteiger partial charge in [0.15, 0.2) is 0 Å². The van der Waals surface area contributed by atoms with Crippen molar-refractivity contribution in [2.24, 2.45) is 0 Å². The number of hydrogen-bond acceptors (Lipinski definition) is 1. The summed E-state index contributed by atoms with van der Waals surface area (Å²) in [5.74, 6) is -0.257. The van der Waals surface area contributed by atoms with Gasteiger partial charge >= 0.3 is 0 Å².